The smallest absolute Gasteiger partial charge is 0.307 e. The Balaban J connectivity index is 1.72. The number of carbonyl (C=O) groups is 4. The lowest BCUT2D eigenvalue weighted by Crippen LogP contribution is -2.35. The average molecular weight is 590 g/mol. The van der Waals surface area contributed by atoms with E-state index in [1.165, 1.54) is 6.20 Å². The van der Waals surface area contributed by atoms with Crippen LogP contribution in [0.5, 0.6) is 0 Å². The van der Waals surface area contributed by atoms with Crippen LogP contribution >= 0.6 is 0 Å². The fourth-order valence-corrected chi connectivity index (χ4v) is 3.83. The number of primary amides is 1. The maximum absolute atomic E-state index is 13.3. The second-order valence-corrected chi connectivity index (χ2v) is 11.6. The van der Waals surface area contributed by atoms with Crippen LogP contribution in [-0.2, 0) is 14.3 Å². The molecule has 0 spiro atoms. The molecule has 1 heterocycles. The molecule has 0 saturated heterocycles. The number of nitrogens with zero attached hydrogens (tertiary/aromatic N) is 2. The van der Waals surface area contributed by atoms with Crippen LogP contribution in [0.3, 0.4) is 0 Å². The van der Waals surface area contributed by atoms with E-state index < -0.39 is 28.8 Å². The first-order valence-corrected chi connectivity index (χ1v) is 13.9. The maximum atomic E-state index is 13.3. The van der Waals surface area contributed by atoms with Crippen molar-refractivity contribution >= 4 is 52.5 Å². The molecule has 43 heavy (non-hydrogen) atoms. The van der Waals surface area contributed by atoms with E-state index in [4.69, 9.17) is 10.5 Å². The summed E-state index contributed by atoms with van der Waals surface area (Å²) in [5.74, 6) is -1.23. The van der Waals surface area contributed by atoms with Crippen LogP contribution in [0.1, 0.15) is 75.1 Å². The minimum Gasteiger partial charge on any atom is -0.460 e. The number of hydrogen-bond acceptors (Lipinski definition) is 9. The van der Waals surface area contributed by atoms with E-state index in [0.717, 1.165) is 6.42 Å². The first kappa shape index (κ1) is 32.5. The van der Waals surface area contributed by atoms with Gasteiger partial charge in [-0.2, -0.15) is 4.98 Å². The topological polar surface area (TPSA) is 177 Å². The van der Waals surface area contributed by atoms with Gasteiger partial charge in [0.1, 0.15) is 17.0 Å². The zero-order chi connectivity index (χ0) is 31.8. The van der Waals surface area contributed by atoms with E-state index in [2.05, 4.69) is 31.2 Å². The molecular weight excluding hydrogens is 550 g/mol. The van der Waals surface area contributed by atoms with Crippen molar-refractivity contribution in [3.05, 3.63) is 65.9 Å². The van der Waals surface area contributed by atoms with Crippen LogP contribution < -0.4 is 27.0 Å². The summed E-state index contributed by atoms with van der Waals surface area (Å²) >= 11 is 0. The molecule has 12 heteroatoms. The van der Waals surface area contributed by atoms with Gasteiger partial charge in [-0.25, -0.2) is 4.98 Å². The Hall–Kier alpha value is -5.00. The van der Waals surface area contributed by atoms with Crippen LogP contribution in [0, 0.1) is 5.41 Å². The number of benzene rings is 2. The lowest BCUT2D eigenvalue weighted by Gasteiger charge is -2.26. The SMILES string of the molecule is CCCNc1nc(Nc2ccc(C(N)=O)cc2)ncc1C(=O)Nc1cccc(NC(=O)C(C)(C)CC(=O)OC(C)(C)C)c1. The first-order chi connectivity index (χ1) is 20.2. The quantitative estimate of drug-likeness (QED) is 0.180. The number of anilines is 5. The standard InChI is InChI=1S/C31H39N7O5/c1-7-15-33-26-23(18-34-29(38-26)37-20-13-11-19(12-14-20)25(32)40)27(41)35-21-9-8-10-22(16-21)36-28(42)31(5,6)17-24(39)43-30(2,3)4/h8-14,16,18H,7,15,17H2,1-6H3,(H2,32,40)(H,35,41)(H,36,42)(H2,33,34,37,38). The van der Waals surface area contributed by atoms with Crippen molar-refractivity contribution in [1.29, 1.82) is 0 Å². The van der Waals surface area contributed by atoms with Crippen molar-refractivity contribution in [2.24, 2.45) is 11.1 Å². The van der Waals surface area contributed by atoms with Crippen LogP contribution in [-0.4, -0.2) is 45.8 Å². The van der Waals surface area contributed by atoms with Gasteiger partial charge in [0.15, 0.2) is 0 Å². The molecule has 3 amide bonds. The molecule has 0 saturated carbocycles. The molecule has 3 rings (SSSR count). The minimum atomic E-state index is -1.03. The van der Waals surface area contributed by atoms with Crippen molar-refractivity contribution < 1.29 is 23.9 Å². The third-order valence-electron chi connectivity index (χ3n) is 6.00. The molecule has 0 aliphatic heterocycles. The number of ether oxygens (including phenoxy) is 1. The number of rotatable bonds is 12. The molecule has 0 atom stereocenters. The monoisotopic (exact) mass is 589 g/mol. The van der Waals surface area contributed by atoms with Crippen LogP contribution in [0.2, 0.25) is 0 Å². The van der Waals surface area contributed by atoms with Gasteiger partial charge < -0.3 is 31.7 Å². The Bertz CT molecular complexity index is 1480. The number of carbonyl (C=O) groups excluding carboxylic acids is 4. The van der Waals surface area contributed by atoms with Gasteiger partial charge in [-0.15, -0.1) is 0 Å². The summed E-state index contributed by atoms with van der Waals surface area (Å²) in [6, 6.07) is 13.2. The molecule has 12 nitrogen and oxygen atoms in total. The van der Waals surface area contributed by atoms with E-state index in [1.54, 1.807) is 83.1 Å². The molecule has 2 aromatic carbocycles. The van der Waals surface area contributed by atoms with Gasteiger partial charge in [0, 0.05) is 35.4 Å². The summed E-state index contributed by atoms with van der Waals surface area (Å²) in [7, 11) is 0. The Labute approximate surface area is 251 Å². The van der Waals surface area contributed by atoms with Gasteiger partial charge in [-0.1, -0.05) is 26.8 Å². The summed E-state index contributed by atoms with van der Waals surface area (Å²) in [5, 5.41) is 11.8. The predicted molar refractivity (Wildman–Crippen MR) is 166 cm³/mol. The highest BCUT2D eigenvalue weighted by molar-refractivity contribution is 6.08. The predicted octanol–water partition coefficient (Wildman–Crippen LogP) is 5.09. The van der Waals surface area contributed by atoms with Crippen LogP contribution in [0.15, 0.2) is 54.7 Å². The van der Waals surface area contributed by atoms with Gasteiger partial charge in [0.2, 0.25) is 17.8 Å². The van der Waals surface area contributed by atoms with E-state index >= 15 is 0 Å². The van der Waals surface area contributed by atoms with Gasteiger partial charge in [-0.3, -0.25) is 19.2 Å². The fourth-order valence-electron chi connectivity index (χ4n) is 3.83. The molecule has 0 bridgehead atoms. The highest BCUT2D eigenvalue weighted by Gasteiger charge is 2.33. The molecule has 228 valence electrons. The molecule has 3 aromatic rings. The molecule has 0 unspecified atom stereocenters. The molecule has 6 N–H and O–H groups in total. The minimum absolute atomic E-state index is 0.0936. The van der Waals surface area contributed by atoms with Gasteiger partial charge in [-0.05, 0) is 69.7 Å². The molecule has 1 aromatic heterocycles. The number of aromatic nitrogens is 2. The van der Waals surface area contributed by atoms with Gasteiger partial charge in [0.25, 0.3) is 5.91 Å². The lowest BCUT2D eigenvalue weighted by atomic mass is 9.88. The van der Waals surface area contributed by atoms with Gasteiger partial charge in [0.05, 0.1) is 11.8 Å². The first-order valence-electron chi connectivity index (χ1n) is 13.9. The van der Waals surface area contributed by atoms with Gasteiger partial charge >= 0.3 is 5.97 Å². The van der Waals surface area contributed by atoms with Crippen molar-refractivity contribution in [2.45, 2.75) is 60.0 Å². The highest BCUT2D eigenvalue weighted by Crippen LogP contribution is 2.26. The number of amides is 3. The second-order valence-electron chi connectivity index (χ2n) is 11.6. The Kier molecular flexibility index (Phi) is 10.4. The molecule has 0 aliphatic rings. The summed E-state index contributed by atoms with van der Waals surface area (Å²) in [5.41, 5.74) is 5.73. The number of nitrogens with one attached hydrogen (secondary N) is 4. The second kappa shape index (κ2) is 13.8. The summed E-state index contributed by atoms with van der Waals surface area (Å²) in [6.45, 7) is 11.2. The summed E-state index contributed by atoms with van der Waals surface area (Å²) in [4.78, 5) is 58.6. The Morgan fingerprint density at radius 2 is 1.56 bits per heavy atom. The molecule has 0 fully saturated rings. The zero-order valence-corrected chi connectivity index (χ0v) is 25.3. The van der Waals surface area contributed by atoms with Crippen LogP contribution in [0.4, 0.5) is 28.8 Å². The van der Waals surface area contributed by atoms with E-state index in [0.29, 0.717) is 35.0 Å². The largest absolute Gasteiger partial charge is 0.460 e. The van der Waals surface area contributed by atoms with Crippen LogP contribution in [0.25, 0.3) is 0 Å². The molecular formula is C31H39N7O5. The van der Waals surface area contributed by atoms with Crippen molar-refractivity contribution in [3.63, 3.8) is 0 Å². The lowest BCUT2D eigenvalue weighted by molar-refractivity contribution is -0.158. The summed E-state index contributed by atoms with van der Waals surface area (Å²) < 4.78 is 5.36. The summed E-state index contributed by atoms with van der Waals surface area (Å²) in [6.07, 6.45) is 2.11. The van der Waals surface area contributed by atoms with Crippen molar-refractivity contribution in [2.75, 3.05) is 27.8 Å². The number of nitrogens with two attached hydrogens (primary N) is 1. The normalized spacial score (nSPS) is 11.3. The third-order valence-corrected chi connectivity index (χ3v) is 6.00. The van der Waals surface area contributed by atoms with Crippen molar-refractivity contribution in [3.8, 4) is 0 Å². The van der Waals surface area contributed by atoms with E-state index in [-0.39, 0.29) is 23.8 Å². The highest BCUT2D eigenvalue weighted by atomic mass is 16.6. The maximum Gasteiger partial charge on any atom is 0.307 e. The zero-order valence-electron chi connectivity index (χ0n) is 25.3. The Morgan fingerprint density at radius 1 is 0.907 bits per heavy atom. The molecule has 0 radical (unpaired) electrons. The number of hydrogen-bond donors (Lipinski definition) is 5. The van der Waals surface area contributed by atoms with Crippen molar-refractivity contribution in [1.82, 2.24) is 9.97 Å². The third kappa shape index (κ3) is 9.80. The van der Waals surface area contributed by atoms with E-state index in [9.17, 15) is 19.2 Å². The Morgan fingerprint density at radius 3 is 2.16 bits per heavy atom. The number of esters is 1. The molecule has 0 aliphatic carbocycles. The average Bonchev–Trinajstić information content (AvgIpc) is 2.91. The fraction of sp³-hybridized carbons (Fsp3) is 0.355. The van der Waals surface area contributed by atoms with E-state index in [1.807, 2.05) is 6.92 Å².